The molecule has 0 saturated carbocycles. The van der Waals surface area contributed by atoms with Gasteiger partial charge in [-0.3, -0.25) is 4.90 Å². The van der Waals surface area contributed by atoms with Gasteiger partial charge in [0.15, 0.2) is 0 Å². The molecule has 1 aliphatic heterocycles. The number of rotatable bonds is 3. The Morgan fingerprint density at radius 3 is 2.85 bits per heavy atom. The molecule has 2 aromatic rings. The summed E-state index contributed by atoms with van der Waals surface area (Å²) in [6, 6.07) is 4.04. The van der Waals surface area contributed by atoms with Crippen LogP contribution in [0.25, 0.3) is 5.65 Å². The summed E-state index contributed by atoms with van der Waals surface area (Å²) in [5, 5.41) is 9.65. The molecule has 1 unspecified atom stereocenters. The number of halogens is 1. The lowest BCUT2D eigenvalue weighted by Gasteiger charge is -2.33. The van der Waals surface area contributed by atoms with Crippen LogP contribution in [0.1, 0.15) is 25.5 Å². The van der Waals surface area contributed by atoms with Gasteiger partial charge in [-0.05, 0) is 66.8 Å². The normalized spacial score (nSPS) is 19.6. The minimum Gasteiger partial charge on any atom is -0.393 e. The summed E-state index contributed by atoms with van der Waals surface area (Å²) in [6.45, 7) is 4.93. The third-order valence-electron chi connectivity index (χ3n) is 4.25. The average molecular weight is 338 g/mol. The van der Waals surface area contributed by atoms with Gasteiger partial charge in [0.05, 0.1) is 18.0 Å². The number of hydrogen-bond acceptors (Lipinski definition) is 3. The van der Waals surface area contributed by atoms with Gasteiger partial charge in [0.1, 0.15) is 5.65 Å². The number of nitrogens with zero attached hydrogens (tertiary/aromatic N) is 3. The number of fused-ring (bicyclic) bond motifs is 1. The highest BCUT2D eigenvalue weighted by atomic mass is 79.9. The summed E-state index contributed by atoms with van der Waals surface area (Å²) in [7, 11) is 0. The Bertz CT molecular complexity index is 588. The third kappa shape index (κ3) is 2.90. The first kappa shape index (κ1) is 14.0. The Kier molecular flexibility index (Phi) is 4.10. The molecule has 0 aromatic carbocycles. The van der Waals surface area contributed by atoms with E-state index in [0.29, 0.717) is 5.92 Å². The van der Waals surface area contributed by atoms with Crippen molar-refractivity contribution in [1.29, 1.82) is 0 Å². The maximum atomic E-state index is 9.65. The number of hydrogen-bond donors (Lipinski definition) is 1. The molecule has 5 heteroatoms. The number of pyridine rings is 1. The van der Waals surface area contributed by atoms with Crippen LogP contribution in [-0.4, -0.2) is 38.6 Å². The maximum absolute atomic E-state index is 9.65. The van der Waals surface area contributed by atoms with Crippen LogP contribution < -0.4 is 0 Å². The topological polar surface area (TPSA) is 40.8 Å². The summed E-state index contributed by atoms with van der Waals surface area (Å²) in [5.41, 5.74) is 2.21. The molecule has 1 N–H and O–H groups in total. The second-order valence-electron chi connectivity index (χ2n) is 5.68. The summed E-state index contributed by atoms with van der Waals surface area (Å²) in [5.74, 6) is 0.461. The molecule has 1 aliphatic rings. The zero-order chi connectivity index (χ0) is 14.1. The summed E-state index contributed by atoms with van der Waals surface area (Å²) < 4.78 is 3.21. The van der Waals surface area contributed by atoms with E-state index >= 15 is 0 Å². The lowest BCUT2D eigenvalue weighted by atomic mass is 9.92. The predicted molar refractivity (Wildman–Crippen MR) is 82.6 cm³/mol. The van der Waals surface area contributed by atoms with Crippen molar-refractivity contribution in [3.8, 4) is 0 Å². The fraction of sp³-hybridized carbons (Fsp3) is 0.533. The summed E-state index contributed by atoms with van der Waals surface area (Å²) in [4.78, 5) is 6.89. The van der Waals surface area contributed by atoms with E-state index in [1.54, 1.807) is 0 Å². The minimum atomic E-state index is -0.177. The van der Waals surface area contributed by atoms with Crippen LogP contribution in [0.4, 0.5) is 0 Å². The second-order valence-corrected chi connectivity index (χ2v) is 6.59. The number of aromatic nitrogens is 2. The minimum absolute atomic E-state index is 0.177. The molecular weight excluding hydrogens is 318 g/mol. The second kappa shape index (κ2) is 5.84. The van der Waals surface area contributed by atoms with E-state index in [4.69, 9.17) is 0 Å². The van der Waals surface area contributed by atoms with Crippen LogP contribution >= 0.6 is 15.9 Å². The van der Waals surface area contributed by atoms with Crippen molar-refractivity contribution in [3.05, 3.63) is 34.7 Å². The Hall–Kier alpha value is -0.910. The molecule has 1 atom stereocenters. The largest absolute Gasteiger partial charge is 0.393 e. The lowest BCUT2D eigenvalue weighted by Crippen LogP contribution is -2.36. The van der Waals surface area contributed by atoms with E-state index in [1.165, 1.54) is 5.69 Å². The van der Waals surface area contributed by atoms with Crippen LogP contribution in [0, 0.1) is 5.92 Å². The van der Waals surface area contributed by atoms with E-state index in [2.05, 4.69) is 36.4 Å². The van der Waals surface area contributed by atoms with Crippen LogP contribution in [0.5, 0.6) is 0 Å². The van der Waals surface area contributed by atoms with E-state index in [0.717, 1.165) is 42.6 Å². The van der Waals surface area contributed by atoms with Crippen molar-refractivity contribution in [3.63, 3.8) is 0 Å². The molecule has 1 saturated heterocycles. The monoisotopic (exact) mass is 337 g/mol. The highest BCUT2D eigenvalue weighted by Gasteiger charge is 2.23. The molecule has 0 aliphatic carbocycles. The van der Waals surface area contributed by atoms with Crippen molar-refractivity contribution >= 4 is 21.6 Å². The molecule has 20 heavy (non-hydrogen) atoms. The molecule has 0 bridgehead atoms. The van der Waals surface area contributed by atoms with Crippen molar-refractivity contribution in [1.82, 2.24) is 14.3 Å². The molecule has 4 nitrogen and oxygen atoms in total. The summed E-state index contributed by atoms with van der Waals surface area (Å²) in [6.07, 6.45) is 6.02. The highest BCUT2D eigenvalue weighted by Crippen LogP contribution is 2.22. The van der Waals surface area contributed by atoms with Gasteiger partial charge in [-0.25, -0.2) is 4.98 Å². The van der Waals surface area contributed by atoms with Gasteiger partial charge in [-0.15, -0.1) is 0 Å². The van der Waals surface area contributed by atoms with Gasteiger partial charge in [0.25, 0.3) is 0 Å². The molecule has 0 amide bonds. The van der Waals surface area contributed by atoms with Crippen LogP contribution in [0.2, 0.25) is 0 Å². The maximum Gasteiger partial charge on any atom is 0.136 e. The standard InChI is InChI=1S/C15H20BrN3O/c1-11(20)12-4-6-18(7-5-12)10-14-8-17-15-3-2-13(16)9-19(14)15/h2-3,8-9,11-12,20H,4-7,10H2,1H3. The molecule has 1 fully saturated rings. The zero-order valence-electron chi connectivity index (χ0n) is 11.7. The van der Waals surface area contributed by atoms with Gasteiger partial charge >= 0.3 is 0 Å². The summed E-state index contributed by atoms with van der Waals surface area (Å²) >= 11 is 3.51. The van der Waals surface area contributed by atoms with Gasteiger partial charge in [0, 0.05) is 17.2 Å². The van der Waals surface area contributed by atoms with Gasteiger partial charge in [-0.2, -0.15) is 0 Å². The molecule has 2 aromatic heterocycles. The number of aliphatic hydroxyl groups is 1. The lowest BCUT2D eigenvalue weighted by molar-refractivity contribution is 0.0691. The zero-order valence-corrected chi connectivity index (χ0v) is 13.3. The van der Waals surface area contributed by atoms with E-state index < -0.39 is 0 Å². The molecule has 0 spiro atoms. The molecule has 3 heterocycles. The third-order valence-corrected chi connectivity index (χ3v) is 4.72. The van der Waals surface area contributed by atoms with Crippen LogP contribution in [0.3, 0.4) is 0 Å². The van der Waals surface area contributed by atoms with E-state index in [9.17, 15) is 5.11 Å². The molecule has 108 valence electrons. The first-order chi connectivity index (χ1) is 9.63. The quantitative estimate of drug-likeness (QED) is 0.936. The number of aliphatic hydroxyl groups excluding tert-OH is 1. The van der Waals surface area contributed by atoms with Gasteiger partial charge in [0.2, 0.25) is 0 Å². The van der Waals surface area contributed by atoms with Gasteiger partial charge < -0.3 is 9.51 Å². The van der Waals surface area contributed by atoms with E-state index in [1.807, 2.05) is 25.3 Å². The Morgan fingerprint density at radius 2 is 2.15 bits per heavy atom. The molecule has 3 rings (SSSR count). The van der Waals surface area contributed by atoms with Crippen molar-refractivity contribution in [2.45, 2.75) is 32.4 Å². The van der Waals surface area contributed by atoms with Gasteiger partial charge in [-0.1, -0.05) is 0 Å². The number of likely N-dealkylation sites (tertiary alicyclic amines) is 1. The smallest absolute Gasteiger partial charge is 0.136 e. The first-order valence-corrected chi connectivity index (χ1v) is 7.94. The van der Waals surface area contributed by atoms with Crippen LogP contribution in [-0.2, 0) is 6.54 Å². The first-order valence-electron chi connectivity index (χ1n) is 7.15. The van der Waals surface area contributed by atoms with Crippen LogP contribution in [0.15, 0.2) is 29.0 Å². The van der Waals surface area contributed by atoms with E-state index in [-0.39, 0.29) is 6.10 Å². The van der Waals surface area contributed by atoms with Crippen molar-refractivity contribution in [2.24, 2.45) is 5.92 Å². The highest BCUT2D eigenvalue weighted by molar-refractivity contribution is 9.10. The molecular formula is C15H20BrN3O. The Labute approximate surface area is 127 Å². The Morgan fingerprint density at radius 1 is 1.40 bits per heavy atom. The van der Waals surface area contributed by atoms with Crippen molar-refractivity contribution in [2.75, 3.05) is 13.1 Å². The van der Waals surface area contributed by atoms with Crippen molar-refractivity contribution < 1.29 is 5.11 Å². The molecule has 0 radical (unpaired) electrons. The fourth-order valence-corrected chi connectivity index (χ4v) is 3.28. The fourth-order valence-electron chi connectivity index (χ4n) is 2.94. The Balaban J connectivity index is 1.70. The SMILES string of the molecule is CC(O)C1CCN(Cc2cnc3ccc(Br)cn23)CC1. The predicted octanol–water partition coefficient (Wildman–Crippen LogP) is 2.69. The average Bonchev–Trinajstić information content (AvgIpc) is 2.82. The number of piperidine rings is 1. The number of imidazole rings is 1.